The SMILES string of the molecule is COc1cccc2c(N3CCc4cccc(C)c4C3C)nc(Nc3ccc(F)cc3C)nc12.Cl. The second-order valence-electron chi connectivity index (χ2n) is 8.58. The van der Waals surface area contributed by atoms with Crippen LogP contribution >= 0.6 is 12.4 Å². The second-order valence-corrected chi connectivity index (χ2v) is 8.58. The molecule has 1 atom stereocenters. The van der Waals surface area contributed by atoms with Gasteiger partial charge in [0.05, 0.1) is 13.2 Å². The van der Waals surface area contributed by atoms with Crippen LogP contribution in [0.3, 0.4) is 0 Å². The fraction of sp³-hybridized carbons (Fsp3) is 0.259. The standard InChI is InChI=1S/C27H27FN4O.ClH/c1-16-7-5-8-19-13-14-32(18(3)24(16)19)26-21-9-6-10-23(33-4)25(21)30-27(31-26)29-22-12-11-20(28)15-17(22)2;/h5-12,15,18H,13-14H2,1-4H3,(H,29,30,31);1H. The summed E-state index contributed by atoms with van der Waals surface area (Å²) in [5.41, 5.74) is 6.36. The quantitative estimate of drug-likeness (QED) is 0.354. The van der Waals surface area contributed by atoms with Gasteiger partial charge in [0.1, 0.15) is 22.9 Å². The molecule has 5 rings (SSSR count). The number of fused-ring (bicyclic) bond motifs is 2. The molecule has 1 aliphatic rings. The van der Waals surface area contributed by atoms with Crippen molar-refractivity contribution in [1.29, 1.82) is 0 Å². The van der Waals surface area contributed by atoms with E-state index in [0.29, 0.717) is 11.7 Å². The summed E-state index contributed by atoms with van der Waals surface area (Å²) in [5.74, 6) is 1.74. The molecule has 0 aliphatic carbocycles. The lowest BCUT2D eigenvalue weighted by Crippen LogP contribution is -2.35. The lowest BCUT2D eigenvalue weighted by molar-refractivity contribution is 0.419. The van der Waals surface area contributed by atoms with Crippen molar-refractivity contribution in [3.05, 3.63) is 82.7 Å². The number of benzene rings is 3. The minimum absolute atomic E-state index is 0. The Kier molecular flexibility index (Phi) is 6.62. The Morgan fingerprint density at radius 3 is 2.59 bits per heavy atom. The van der Waals surface area contributed by atoms with E-state index in [1.807, 2.05) is 25.1 Å². The molecule has 1 aliphatic heterocycles. The zero-order chi connectivity index (χ0) is 23.1. The maximum Gasteiger partial charge on any atom is 0.229 e. The molecule has 0 saturated carbocycles. The number of rotatable bonds is 4. The Balaban J connectivity index is 0.00000274. The van der Waals surface area contributed by atoms with Gasteiger partial charge in [0.2, 0.25) is 5.95 Å². The number of aromatic nitrogens is 2. The molecule has 7 heteroatoms. The predicted molar refractivity (Wildman–Crippen MR) is 138 cm³/mol. The number of halogens is 2. The highest BCUT2D eigenvalue weighted by atomic mass is 35.5. The van der Waals surface area contributed by atoms with Crippen molar-refractivity contribution in [1.82, 2.24) is 9.97 Å². The first-order valence-electron chi connectivity index (χ1n) is 11.2. The van der Waals surface area contributed by atoms with E-state index >= 15 is 0 Å². The molecule has 0 saturated heterocycles. The van der Waals surface area contributed by atoms with Gasteiger partial charge < -0.3 is 15.0 Å². The minimum atomic E-state index is -0.268. The molecule has 0 amide bonds. The van der Waals surface area contributed by atoms with Gasteiger partial charge in [0.25, 0.3) is 0 Å². The van der Waals surface area contributed by atoms with E-state index in [2.05, 4.69) is 42.3 Å². The van der Waals surface area contributed by atoms with Gasteiger partial charge >= 0.3 is 0 Å². The van der Waals surface area contributed by atoms with Crippen molar-refractivity contribution in [3.8, 4) is 5.75 Å². The number of methoxy groups -OCH3 is 1. The fourth-order valence-corrected chi connectivity index (χ4v) is 4.87. The summed E-state index contributed by atoms with van der Waals surface area (Å²) < 4.78 is 19.2. The van der Waals surface area contributed by atoms with Gasteiger partial charge in [-0.3, -0.25) is 0 Å². The molecular formula is C27H28ClFN4O. The highest BCUT2D eigenvalue weighted by Gasteiger charge is 2.28. The lowest BCUT2D eigenvalue weighted by atomic mass is 9.90. The van der Waals surface area contributed by atoms with E-state index in [1.54, 1.807) is 13.2 Å². The number of anilines is 3. The molecule has 0 fully saturated rings. The summed E-state index contributed by atoms with van der Waals surface area (Å²) in [5, 5.41) is 4.24. The molecule has 2 heterocycles. The van der Waals surface area contributed by atoms with Gasteiger partial charge in [-0.05, 0) is 79.8 Å². The summed E-state index contributed by atoms with van der Waals surface area (Å²) in [4.78, 5) is 12.1. The van der Waals surface area contributed by atoms with Gasteiger partial charge in [0, 0.05) is 17.6 Å². The van der Waals surface area contributed by atoms with Crippen molar-refractivity contribution in [2.24, 2.45) is 0 Å². The Hall–Kier alpha value is -3.38. The monoisotopic (exact) mass is 478 g/mol. The van der Waals surface area contributed by atoms with E-state index in [4.69, 9.17) is 14.7 Å². The average Bonchev–Trinajstić information content (AvgIpc) is 2.80. The van der Waals surface area contributed by atoms with Crippen molar-refractivity contribution < 1.29 is 9.13 Å². The summed E-state index contributed by atoms with van der Waals surface area (Å²) in [6.07, 6.45) is 0.955. The Morgan fingerprint density at radius 2 is 1.82 bits per heavy atom. The molecule has 176 valence electrons. The molecule has 3 aromatic carbocycles. The third-order valence-electron chi connectivity index (χ3n) is 6.52. The molecular weight excluding hydrogens is 451 g/mol. The van der Waals surface area contributed by atoms with Gasteiger partial charge in [-0.2, -0.15) is 4.98 Å². The first kappa shape index (κ1) is 23.8. The number of nitrogens with zero attached hydrogens (tertiary/aromatic N) is 3. The van der Waals surface area contributed by atoms with Crippen molar-refractivity contribution >= 4 is 40.8 Å². The number of ether oxygens (including phenoxy) is 1. The van der Waals surface area contributed by atoms with Crippen LogP contribution in [0.2, 0.25) is 0 Å². The van der Waals surface area contributed by atoms with Crippen LogP contribution in [-0.2, 0) is 6.42 Å². The number of aryl methyl sites for hydroxylation is 2. The van der Waals surface area contributed by atoms with Gasteiger partial charge in [-0.25, -0.2) is 9.37 Å². The molecule has 0 spiro atoms. The summed E-state index contributed by atoms with van der Waals surface area (Å²) in [7, 11) is 1.65. The molecule has 4 aromatic rings. The van der Waals surface area contributed by atoms with Crippen LogP contribution in [0.15, 0.2) is 54.6 Å². The Labute approximate surface area is 205 Å². The van der Waals surface area contributed by atoms with Crippen LogP contribution in [0.25, 0.3) is 10.9 Å². The lowest BCUT2D eigenvalue weighted by Gasteiger charge is -2.37. The van der Waals surface area contributed by atoms with Crippen LogP contribution in [0.4, 0.5) is 21.8 Å². The number of para-hydroxylation sites is 1. The molecule has 1 aromatic heterocycles. The molecule has 0 bridgehead atoms. The first-order valence-corrected chi connectivity index (χ1v) is 11.2. The first-order chi connectivity index (χ1) is 16.0. The topological polar surface area (TPSA) is 50.3 Å². The highest BCUT2D eigenvalue weighted by molar-refractivity contribution is 5.95. The highest BCUT2D eigenvalue weighted by Crippen LogP contribution is 2.39. The van der Waals surface area contributed by atoms with Gasteiger partial charge in [-0.1, -0.05) is 24.3 Å². The van der Waals surface area contributed by atoms with E-state index in [0.717, 1.165) is 40.9 Å². The molecule has 34 heavy (non-hydrogen) atoms. The minimum Gasteiger partial charge on any atom is -0.494 e. The maximum absolute atomic E-state index is 13.6. The smallest absolute Gasteiger partial charge is 0.229 e. The molecule has 1 N–H and O–H groups in total. The largest absolute Gasteiger partial charge is 0.494 e. The predicted octanol–water partition coefficient (Wildman–Crippen LogP) is 6.68. The van der Waals surface area contributed by atoms with Crippen molar-refractivity contribution in [3.63, 3.8) is 0 Å². The Bertz CT molecular complexity index is 1360. The molecule has 1 unspecified atom stereocenters. The van der Waals surface area contributed by atoms with Gasteiger partial charge in [-0.15, -0.1) is 12.4 Å². The van der Waals surface area contributed by atoms with Crippen LogP contribution in [0.5, 0.6) is 5.75 Å². The third kappa shape index (κ3) is 4.14. The Morgan fingerprint density at radius 1 is 1.03 bits per heavy atom. The number of nitrogens with one attached hydrogen (secondary N) is 1. The van der Waals surface area contributed by atoms with Crippen LogP contribution in [0.1, 0.15) is 35.2 Å². The van der Waals surface area contributed by atoms with E-state index in [-0.39, 0.29) is 24.3 Å². The summed E-state index contributed by atoms with van der Waals surface area (Å²) >= 11 is 0. The molecule has 5 nitrogen and oxygen atoms in total. The van der Waals surface area contributed by atoms with E-state index in [9.17, 15) is 4.39 Å². The van der Waals surface area contributed by atoms with E-state index < -0.39 is 0 Å². The summed E-state index contributed by atoms with van der Waals surface area (Å²) in [6, 6.07) is 17.3. The zero-order valence-electron chi connectivity index (χ0n) is 19.7. The number of hydrogen-bond acceptors (Lipinski definition) is 5. The third-order valence-corrected chi connectivity index (χ3v) is 6.52. The zero-order valence-corrected chi connectivity index (χ0v) is 20.5. The molecule has 0 radical (unpaired) electrons. The maximum atomic E-state index is 13.6. The average molecular weight is 479 g/mol. The fourth-order valence-electron chi connectivity index (χ4n) is 4.87. The van der Waals surface area contributed by atoms with Crippen LogP contribution < -0.4 is 15.0 Å². The second kappa shape index (κ2) is 9.47. The van der Waals surface area contributed by atoms with Crippen LogP contribution in [0, 0.1) is 19.7 Å². The van der Waals surface area contributed by atoms with Crippen molar-refractivity contribution in [2.75, 3.05) is 23.9 Å². The number of hydrogen-bond donors (Lipinski definition) is 1. The van der Waals surface area contributed by atoms with Gasteiger partial charge in [0.15, 0.2) is 0 Å². The van der Waals surface area contributed by atoms with E-state index in [1.165, 1.54) is 28.8 Å². The normalized spacial score (nSPS) is 15.0. The van der Waals surface area contributed by atoms with Crippen LogP contribution in [-0.4, -0.2) is 23.6 Å². The summed E-state index contributed by atoms with van der Waals surface area (Å²) in [6.45, 7) is 7.12. The van der Waals surface area contributed by atoms with Crippen molar-refractivity contribution in [2.45, 2.75) is 33.2 Å².